The van der Waals surface area contributed by atoms with Gasteiger partial charge in [0.25, 0.3) is 0 Å². The number of primary amides is 1. The number of carbonyl (C=O) groups is 5. The molecule has 12 nitrogen and oxygen atoms in total. The Kier molecular flexibility index (Phi) is 18.1. The minimum Gasteiger partial charge on any atom is -0.480 e. The van der Waals surface area contributed by atoms with Crippen LogP contribution in [0.4, 0.5) is 0 Å². The number of nitrogens with one attached hydrogen (secondary N) is 3. The van der Waals surface area contributed by atoms with Gasteiger partial charge in [-0.25, -0.2) is 4.79 Å². The standard InChI is InChI=1S/C21H40N6O6S2/c1-34-11-8-15(20(31)27-16(21(32)33)9-12-35-2)26-19(30)14(6-7-17(24)28)25-18(29)13(23)5-3-4-10-22/h13-16H,3-12,22-23H2,1-2H3,(H2,24,28)(H,25,29)(H,26,30)(H,27,31)(H,32,33). The summed E-state index contributed by atoms with van der Waals surface area (Å²) in [5, 5.41) is 17.0. The van der Waals surface area contributed by atoms with Gasteiger partial charge in [0.15, 0.2) is 0 Å². The van der Waals surface area contributed by atoms with E-state index in [0.717, 1.165) is 0 Å². The van der Waals surface area contributed by atoms with Gasteiger partial charge in [-0.2, -0.15) is 23.5 Å². The lowest BCUT2D eigenvalue weighted by molar-refractivity contribution is -0.142. The lowest BCUT2D eigenvalue weighted by Crippen LogP contribution is -2.57. The quantitative estimate of drug-likeness (QED) is 0.0916. The first-order valence-electron chi connectivity index (χ1n) is 11.4. The highest BCUT2D eigenvalue weighted by Crippen LogP contribution is 2.07. The third-order valence-electron chi connectivity index (χ3n) is 5.09. The number of unbranched alkanes of at least 4 members (excludes halogenated alkanes) is 1. The lowest BCUT2D eigenvalue weighted by atomic mass is 10.1. The summed E-state index contributed by atoms with van der Waals surface area (Å²) in [6.45, 7) is 0.470. The largest absolute Gasteiger partial charge is 0.480 e. The molecule has 0 fully saturated rings. The average Bonchev–Trinajstić information content (AvgIpc) is 2.81. The normalized spacial score (nSPS) is 14.3. The summed E-state index contributed by atoms with van der Waals surface area (Å²) in [7, 11) is 0. The van der Waals surface area contributed by atoms with Gasteiger partial charge in [-0.15, -0.1) is 0 Å². The number of aliphatic carboxylic acids is 1. The third-order valence-corrected chi connectivity index (χ3v) is 6.38. The SMILES string of the molecule is CSCCC(NC(=O)C(CCSC)NC(=O)C(CCC(N)=O)NC(=O)C(N)CCCCN)C(=O)O. The number of carboxylic acid groups (broad SMARTS) is 1. The van der Waals surface area contributed by atoms with E-state index in [-0.39, 0.29) is 25.7 Å². The van der Waals surface area contributed by atoms with E-state index in [1.54, 1.807) is 0 Å². The highest BCUT2D eigenvalue weighted by atomic mass is 32.2. The molecule has 0 bridgehead atoms. The van der Waals surface area contributed by atoms with E-state index in [4.69, 9.17) is 17.2 Å². The molecule has 202 valence electrons. The van der Waals surface area contributed by atoms with Crippen LogP contribution in [0.2, 0.25) is 0 Å². The average molecular weight is 537 g/mol. The molecule has 0 aromatic carbocycles. The molecule has 10 N–H and O–H groups in total. The molecule has 14 heteroatoms. The van der Waals surface area contributed by atoms with Crippen LogP contribution in [-0.4, -0.2) is 89.4 Å². The Bertz CT molecular complexity index is 699. The molecule has 0 saturated carbocycles. The molecule has 0 spiro atoms. The first kappa shape index (κ1) is 33.0. The van der Waals surface area contributed by atoms with Gasteiger partial charge in [-0.1, -0.05) is 6.42 Å². The molecule has 0 saturated heterocycles. The van der Waals surface area contributed by atoms with Gasteiger partial charge in [0.05, 0.1) is 6.04 Å². The zero-order valence-corrected chi connectivity index (χ0v) is 22.1. The van der Waals surface area contributed by atoms with E-state index in [2.05, 4.69) is 16.0 Å². The third kappa shape index (κ3) is 14.9. The fourth-order valence-electron chi connectivity index (χ4n) is 3.02. The van der Waals surface area contributed by atoms with Crippen LogP contribution in [0.1, 0.15) is 44.9 Å². The van der Waals surface area contributed by atoms with Gasteiger partial charge in [0.2, 0.25) is 23.6 Å². The van der Waals surface area contributed by atoms with Crippen molar-refractivity contribution >= 4 is 53.1 Å². The molecule has 4 unspecified atom stereocenters. The van der Waals surface area contributed by atoms with Crippen LogP contribution < -0.4 is 33.2 Å². The van der Waals surface area contributed by atoms with Crippen molar-refractivity contribution < 1.29 is 29.1 Å². The van der Waals surface area contributed by atoms with Crippen molar-refractivity contribution in [2.45, 2.75) is 69.1 Å². The molecule has 0 heterocycles. The van der Waals surface area contributed by atoms with E-state index >= 15 is 0 Å². The van der Waals surface area contributed by atoms with Crippen molar-refractivity contribution in [2.75, 3.05) is 30.6 Å². The fraction of sp³-hybridized carbons (Fsp3) is 0.762. The van der Waals surface area contributed by atoms with Gasteiger partial charge in [0.1, 0.15) is 18.1 Å². The predicted molar refractivity (Wildman–Crippen MR) is 139 cm³/mol. The second kappa shape index (κ2) is 19.2. The Morgan fingerprint density at radius 3 is 1.74 bits per heavy atom. The van der Waals surface area contributed by atoms with Crippen LogP contribution in [0, 0.1) is 0 Å². The van der Waals surface area contributed by atoms with E-state index < -0.39 is 53.8 Å². The van der Waals surface area contributed by atoms with Crippen LogP contribution in [0.25, 0.3) is 0 Å². The molecule has 0 aromatic heterocycles. The van der Waals surface area contributed by atoms with Crippen molar-refractivity contribution in [1.29, 1.82) is 0 Å². The first-order valence-corrected chi connectivity index (χ1v) is 14.2. The Hall–Kier alpha value is -2.03. The smallest absolute Gasteiger partial charge is 0.326 e. The fourth-order valence-corrected chi connectivity index (χ4v) is 3.96. The summed E-state index contributed by atoms with van der Waals surface area (Å²) < 4.78 is 0. The van der Waals surface area contributed by atoms with Crippen molar-refractivity contribution in [3.05, 3.63) is 0 Å². The summed E-state index contributed by atoms with van der Waals surface area (Å²) in [5.74, 6) is -2.67. The Morgan fingerprint density at radius 2 is 1.26 bits per heavy atom. The van der Waals surface area contributed by atoms with Crippen LogP contribution in [0.3, 0.4) is 0 Å². The highest BCUT2D eigenvalue weighted by Gasteiger charge is 2.30. The van der Waals surface area contributed by atoms with E-state index in [1.807, 2.05) is 12.5 Å². The predicted octanol–water partition coefficient (Wildman–Crippen LogP) is -1.25. The molecule has 0 rings (SSSR count). The Morgan fingerprint density at radius 1 is 0.771 bits per heavy atom. The van der Waals surface area contributed by atoms with Crippen LogP contribution in [0.5, 0.6) is 0 Å². The van der Waals surface area contributed by atoms with Crippen molar-refractivity contribution in [2.24, 2.45) is 17.2 Å². The van der Waals surface area contributed by atoms with E-state index in [0.29, 0.717) is 37.3 Å². The number of rotatable bonds is 20. The second-order valence-corrected chi connectivity index (χ2v) is 9.95. The van der Waals surface area contributed by atoms with Crippen molar-refractivity contribution in [3.8, 4) is 0 Å². The minimum atomic E-state index is -1.17. The van der Waals surface area contributed by atoms with Crippen LogP contribution in [0.15, 0.2) is 0 Å². The Labute approximate surface area is 215 Å². The number of amides is 4. The van der Waals surface area contributed by atoms with Crippen molar-refractivity contribution in [1.82, 2.24) is 16.0 Å². The number of carboxylic acids is 1. The molecule has 0 aliphatic heterocycles. The molecule has 0 aromatic rings. The number of carbonyl (C=O) groups excluding carboxylic acids is 4. The van der Waals surface area contributed by atoms with Gasteiger partial charge >= 0.3 is 5.97 Å². The second-order valence-electron chi connectivity index (χ2n) is 7.98. The monoisotopic (exact) mass is 536 g/mol. The molecule has 4 atom stereocenters. The summed E-state index contributed by atoms with van der Waals surface area (Å²) in [6.07, 6.45) is 5.59. The van der Waals surface area contributed by atoms with Gasteiger partial charge in [-0.05, 0) is 62.7 Å². The van der Waals surface area contributed by atoms with Crippen molar-refractivity contribution in [3.63, 3.8) is 0 Å². The van der Waals surface area contributed by atoms with Gasteiger partial charge < -0.3 is 38.3 Å². The highest BCUT2D eigenvalue weighted by molar-refractivity contribution is 7.98. The molecular formula is C21H40N6O6S2. The summed E-state index contributed by atoms with van der Waals surface area (Å²) in [5.41, 5.74) is 16.6. The molecule has 0 aliphatic carbocycles. The molecule has 35 heavy (non-hydrogen) atoms. The lowest BCUT2D eigenvalue weighted by Gasteiger charge is -2.25. The van der Waals surface area contributed by atoms with E-state index in [9.17, 15) is 29.1 Å². The first-order chi connectivity index (χ1) is 16.6. The molecule has 0 radical (unpaired) electrons. The zero-order valence-electron chi connectivity index (χ0n) is 20.4. The number of nitrogens with two attached hydrogens (primary N) is 3. The summed E-state index contributed by atoms with van der Waals surface area (Å²) in [6, 6.07) is -4.14. The van der Waals surface area contributed by atoms with Gasteiger partial charge in [-0.3, -0.25) is 19.2 Å². The molecule has 4 amide bonds. The van der Waals surface area contributed by atoms with Crippen LogP contribution in [-0.2, 0) is 24.0 Å². The Balaban J connectivity index is 5.42. The minimum absolute atomic E-state index is 0.0786. The van der Waals surface area contributed by atoms with Gasteiger partial charge in [0, 0.05) is 6.42 Å². The zero-order chi connectivity index (χ0) is 26.8. The topological polar surface area (TPSA) is 220 Å². The van der Waals surface area contributed by atoms with Crippen LogP contribution >= 0.6 is 23.5 Å². The maximum absolute atomic E-state index is 13.0. The van der Waals surface area contributed by atoms with E-state index in [1.165, 1.54) is 23.5 Å². The summed E-state index contributed by atoms with van der Waals surface area (Å²) in [4.78, 5) is 61.1. The maximum Gasteiger partial charge on any atom is 0.326 e. The number of hydrogen-bond donors (Lipinski definition) is 7. The number of thioether (sulfide) groups is 2. The molecular weight excluding hydrogens is 496 g/mol. The molecule has 0 aliphatic rings. The maximum atomic E-state index is 13.0. The summed E-state index contributed by atoms with van der Waals surface area (Å²) >= 11 is 2.90. The number of hydrogen-bond acceptors (Lipinski definition) is 9.